The van der Waals surface area contributed by atoms with E-state index in [1.165, 1.54) is 6.92 Å². The molecule has 0 radical (unpaired) electrons. The standard InChI is InChI=1S/C48H62N2O12/c1-8-10-11-12-18-24-38(53)59-42-40-39(31(4)41(42)60-44(54)30(3)9-2)43-48(57,47(7,56)45(55)61-43)36(29-46(40,6)62-32(5)51)58-37(52)23-19-13-15-20-33-25-27-35(28-26-33)50-49-34-21-16-14-17-22-34/h9,14,16-17,21-22,25-28,36,40-43,56-57H,8,10-13,15,18-20,23-24,29H2,1-7H3/b30-9-,50-49?/t36-,40+,41-,42-,43-,46-,47+,48+/m0/s1. The molecular formula is C48H62N2O12. The van der Waals surface area contributed by atoms with Crippen LogP contribution in [0, 0.1) is 5.92 Å². The first-order valence-electron chi connectivity index (χ1n) is 21.8. The number of carbonyl (C=O) groups is 5. The highest BCUT2D eigenvalue weighted by molar-refractivity contribution is 5.88. The number of benzene rings is 2. The molecule has 14 heteroatoms. The minimum absolute atomic E-state index is 0.0523. The summed E-state index contributed by atoms with van der Waals surface area (Å²) >= 11 is 0. The number of hydrogen-bond acceptors (Lipinski definition) is 14. The minimum atomic E-state index is -2.62. The molecule has 0 amide bonds. The molecule has 0 bridgehead atoms. The third-order valence-corrected chi connectivity index (χ3v) is 12.4. The summed E-state index contributed by atoms with van der Waals surface area (Å²) in [6.45, 7) is 10.7. The van der Waals surface area contributed by atoms with Crippen molar-refractivity contribution in [3.8, 4) is 0 Å². The molecule has 2 aromatic rings. The smallest absolute Gasteiger partial charge is 0.341 e. The normalized spacial score (nSPS) is 28.2. The van der Waals surface area contributed by atoms with Gasteiger partial charge in [-0.2, -0.15) is 10.2 Å². The number of rotatable bonds is 19. The van der Waals surface area contributed by atoms with Crippen LogP contribution in [0.4, 0.5) is 11.4 Å². The lowest BCUT2D eigenvalue weighted by atomic mass is 9.75. The molecule has 1 saturated carbocycles. The number of nitrogens with zero attached hydrogens (tertiary/aromatic N) is 2. The molecule has 0 spiro atoms. The van der Waals surface area contributed by atoms with Crippen LogP contribution in [0.1, 0.15) is 125 Å². The van der Waals surface area contributed by atoms with Gasteiger partial charge in [0.1, 0.15) is 11.7 Å². The number of aryl methyl sites for hydroxylation is 1. The molecule has 5 rings (SSSR count). The highest BCUT2D eigenvalue weighted by Gasteiger charge is 2.76. The van der Waals surface area contributed by atoms with E-state index < -0.39 is 83.4 Å². The summed E-state index contributed by atoms with van der Waals surface area (Å²) in [5.41, 5.74) is -3.73. The molecule has 8 atom stereocenters. The second kappa shape index (κ2) is 20.8. The molecule has 1 aliphatic heterocycles. The van der Waals surface area contributed by atoms with Crippen molar-refractivity contribution in [1.29, 1.82) is 0 Å². The molecule has 336 valence electrons. The van der Waals surface area contributed by atoms with Crippen LogP contribution in [0.3, 0.4) is 0 Å². The van der Waals surface area contributed by atoms with Crippen LogP contribution in [0.15, 0.2) is 87.6 Å². The summed E-state index contributed by atoms with van der Waals surface area (Å²) in [5.74, 6) is -5.11. The van der Waals surface area contributed by atoms with E-state index in [2.05, 4.69) is 17.2 Å². The number of fused-ring (bicyclic) bond motifs is 3. The van der Waals surface area contributed by atoms with Crippen LogP contribution in [-0.2, 0) is 54.1 Å². The average molecular weight is 859 g/mol. The van der Waals surface area contributed by atoms with Gasteiger partial charge in [-0.3, -0.25) is 14.4 Å². The molecule has 62 heavy (non-hydrogen) atoms. The molecule has 0 unspecified atom stereocenters. The van der Waals surface area contributed by atoms with Gasteiger partial charge in [-0.25, -0.2) is 9.59 Å². The first-order valence-corrected chi connectivity index (χ1v) is 21.8. The monoisotopic (exact) mass is 858 g/mol. The second-order valence-corrected chi connectivity index (χ2v) is 17.1. The van der Waals surface area contributed by atoms with Crippen molar-refractivity contribution in [2.75, 3.05) is 0 Å². The van der Waals surface area contributed by atoms with Crippen LogP contribution in [0.2, 0.25) is 0 Å². The van der Waals surface area contributed by atoms with E-state index in [4.69, 9.17) is 23.7 Å². The molecule has 2 aliphatic carbocycles. The van der Waals surface area contributed by atoms with Crippen molar-refractivity contribution in [3.63, 3.8) is 0 Å². The largest absolute Gasteiger partial charge is 0.459 e. The Morgan fingerprint density at radius 2 is 1.42 bits per heavy atom. The van der Waals surface area contributed by atoms with Crippen molar-refractivity contribution >= 4 is 41.2 Å². The molecule has 0 aromatic heterocycles. The summed E-state index contributed by atoms with van der Waals surface area (Å²) in [5, 5.41) is 33.1. The zero-order chi connectivity index (χ0) is 45.2. The van der Waals surface area contributed by atoms with Crippen LogP contribution in [0.5, 0.6) is 0 Å². The Balaban J connectivity index is 1.37. The molecule has 14 nitrogen and oxygen atoms in total. The van der Waals surface area contributed by atoms with Gasteiger partial charge in [-0.05, 0) is 101 Å². The SMILES string of the molecule is C/C=C(/C)C(=O)O[C@H]1C(C)=C2[C@H]([C@@H]1OC(=O)CCCCCCC)[C@@](C)(OC(C)=O)C[C@H](OC(=O)CCCCCc1ccc(N=Nc3ccccc3)cc1)[C@@]1(O)[C@H]2OC(=O)[C@@]1(C)O. The molecular weight excluding hydrogens is 797 g/mol. The van der Waals surface area contributed by atoms with Crippen LogP contribution < -0.4 is 0 Å². The maximum absolute atomic E-state index is 13.7. The Labute approximate surface area is 364 Å². The molecule has 1 heterocycles. The van der Waals surface area contributed by atoms with E-state index in [-0.39, 0.29) is 29.6 Å². The number of azo groups is 1. The Hall–Kier alpha value is -5.21. The fraction of sp³-hybridized carbons (Fsp3) is 0.562. The number of unbranched alkanes of at least 4 members (excludes halogenated alkanes) is 6. The number of allylic oxidation sites excluding steroid dienone is 1. The Bertz CT molecular complexity index is 2030. The van der Waals surface area contributed by atoms with Crippen molar-refractivity contribution in [1.82, 2.24) is 0 Å². The van der Waals surface area contributed by atoms with Crippen molar-refractivity contribution in [3.05, 3.63) is 83.0 Å². The number of aliphatic hydroxyl groups is 2. The lowest BCUT2D eigenvalue weighted by Crippen LogP contribution is -2.64. The maximum atomic E-state index is 13.7. The predicted molar refractivity (Wildman–Crippen MR) is 228 cm³/mol. The average Bonchev–Trinajstić information content (AvgIpc) is 3.57. The molecule has 3 aliphatic rings. The molecule has 2 fully saturated rings. The zero-order valence-electron chi connectivity index (χ0n) is 37.0. The van der Waals surface area contributed by atoms with Gasteiger partial charge < -0.3 is 33.9 Å². The summed E-state index contributed by atoms with van der Waals surface area (Å²) in [6, 6.07) is 17.2. The van der Waals surface area contributed by atoms with E-state index in [9.17, 15) is 34.2 Å². The van der Waals surface area contributed by atoms with Crippen molar-refractivity contribution in [2.24, 2.45) is 16.1 Å². The molecule has 2 aromatic carbocycles. The lowest BCUT2D eigenvalue weighted by molar-refractivity contribution is -0.212. The number of ether oxygens (including phenoxy) is 5. The van der Waals surface area contributed by atoms with Crippen LogP contribution in [0.25, 0.3) is 0 Å². The highest BCUT2D eigenvalue weighted by Crippen LogP contribution is 2.57. The highest BCUT2D eigenvalue weighted by atomic mass is 16.6. The van der Waals surface area contributed by atoms with E-state index in [0.29, 0.717) is 19.3 Å². The van der Waals surface area contributed by atoms with Gasteiger partial charge >= 0.3 is 29.8 Å². The first kappa shape index (κ1) is 47.8. The van der Waals surface area contributed by atoms with Gasteiger partial charge in [-0.15, -0.1) is 0 Å². The third-order valence-electron chi connectivity index (χ3n) is 12.4. The van der Waals surface area contributed by atoms with E-state index >= 15 is 0 Å². The number of hydrogen-bond donors (Lipinski definition) is 2. The number of carbonyl (C=O) groups excluding carboxylic acids is 5. The van der Waals surface area contributed by atoms with Crippen LogP contribution >= 0.6 is 0 Å². The van der Waals surface area contributed by atoms with Gasteiger partial charge in [0.15, 0.2) is 29.5 Å². The molecule has 2 N–H and O–H groups in total. The van der Waals surface area contributed by atoms with Gasteiger partial charge in [0.25, 0.3) is 0 Å². The lowest BCUT2D eigenvalue weighted by Gasteiger charge is -2.41. The van der Waals surface area contributed by atoms with Gasteiger partial charge in [0.05, 0.1) is 17.3 Å². The predicted octanol–water partition coefficient (Wildman–Crippen LogP) is 8.35. The number of esters is 5. The summed E-state index contributed by atoms with van der Waals surface area (Å²) in [7, 11) is 0. The van der Waals surface area contributed by atoms with E-state index in [1.807, 2.05) is 54.6 Å². The van der Waals surface area contributed by atoms with Gasteiger partial charge in [0.2, 0.25) is 0 Å². The summed E-state index contributed by atoms with van der Waals surface area (Å²) < 4.78 is 30.0. The minimum Gasteiger partial charge on any atom is -0.459 e. The topological polar surface area (TPSA) is 197 Å². The van der Waals surface area contributed by atoms with Gasteiger partial charge in [-0.1, -0.05) is 75.4 Å². The zero-order valence-corrected chi connectivity index (χ0v) is 37.0. The maximum Gasteiger partial charge on any atom is 0.341 e. The summed E-state index contributed by atoms with van der Waals surface area (Å²) in [6.07, 6.45) is 2.18. The second-order valence-electron chi connectivity index (χ2n) is 17.1. The Morgan fingerprint density at radius 3 is 2.03 bits per heavy atom. The quantitative estimate of drug-likeness (QED) is 0.0343. The van der Waals surface area contributed by atoms with E-state index in [1.54, 1.807) is 33.8 Å². The van der Waals surface area contributed by atoms with Crippen molar-refractivity contribution in [2.45, 2.75) is 167 Å². The Kier molecular flexibility index (Phi) is 16.0. The fourth-order valence-corrected chi connectivity index (χ4v) is 8.81. The van der Waals surface area contributed by atoms with Crippen molar-refractivity contribution < 1.29 is 57.9 Å². The van der Waals surface area contributed by atoms with E-state index in [0.717, 1.165) is 62.4 Å². The van der Waals surface area contributed by atoms with Crippen LogP contribution in [-0.4, -0.2) is 81.3 Å². The Morgan fingerprint density at radius 1 is 0.823 bits per heavy atom. The third kappa shape index (κ3) is 10.7. The fourth-order valence-electron chi connectivity index (χ4n) is 8.81. The van der Waals surface area contributed by atoms with Gasteiger partial charge in [0, 0.05) is 31.8 Å². The molecule has 1 saturated heterocycles. The summed E-state index contributed by atoms with van der Waals surface area (Å²) in [4.78, 5) is 66.9. The first-order chi connectivity index (χ1) is 29.5.